The number of aryl methyl sites for hydroxylation is 2. The SMILES string of the molecule is CCNc1nnc(S[C@H](C)C(=O)Nc2c(C)cccc2C)s1. The monoisotopic (exact) mass is 336 g/mol. The molecule has 0 aliphatic carbocycles. The molecule has 1 aromatic carbocycles. The lowest BCUT2D eigenvalue weighted by molar-refractivity contribution is -0.115. The maximum absolute atomic E-state index is 12.4. The Morgan fingerprint density at radius 3 is 2.64 bits per heavy atom. The molecule has 1 atom stereocenters. The number of carbonyl (C=O) groups excluding carboxylic acids is 1. The quantitative estimate of drug-likeness (QED) is 0.787. The van der Waals surface area contributed by atoms with E-state index < -0.39 is 0 Å². The summed E-state index contributed by atoms with van der Waals surface area (Å²) in [6.07, 6.45) is 0. The number of hydrogen-bond acceptors (Lipinski definition) is 6. The van der Waals surface area contributed by atoms with E-state index in [9.17, 15) is 4.79 Å². The van der Waals surface area contributed by atoms with Crippen LogP contribution in [0.15, 0.2) is 22.5 Å². The molecule has 2 rings (SSSR count). The van der Waals surface area contributed by atoms with Crippen molar-refractivity contribution in [3.8, 4) is 0 Å². The number of rotatable bonds is 6. The van der Waals surface area contributed by atoms with Crippen molar-refractivity contribution in [1.82, 2.24) is 10.2 Å². The predicted octanol–water partition coefficient (Wildman–Crippen LogP) is 3.71. The molecule has 0 saturated heterocycles. The largest absolute Gasteiger partial charge is 0.360 e. The van der Waals surface area contributed by atoms with Crippen molar-refractivity contribution in [2.24, 2.45) is 0 Å². The topological polar surface area (TPSA) is 66.9 Å². The minimum atomic E-state index is -0.235. The van der Waals surface area contributed by atoms with Crippen LogP contribution in [0, 0.1) is 13.8 Å². The van der Waals surface area contributed by atoms with Crippen molar-refractivity contribution >= 4 is 39.8 Å². The van der Waals surface area contributed by atoms with E-state index in [1.54, 1.807) is 0 Å². The number of nitrogens with one attached hydrogen (secondary N) is 2. The van der Waals surface area contributed by atoms with Gasteiger partial charge in [0.15, 0.2) is 4.34 Å². The average Bonchev–Trinajstić information content (AvgIpc) is 2.90. The summed E-state index contributed by atoms with van der Waals surface area (Å²) in [4.78, 5) is 12.4. The Bertz CT molecular complexity index is 636. The zero-order valence-electron chi connectivity index (χ0n) is 13.1. The number of hydrogen-bond donors (Lipinski definition) is 2. The van der Waals surface area contributed by atoms with Crippen LogP contribution in [-0.4, -0.2) is 27.9 Å². The fourth-order valence-corrected chi connectivity index (χ4v) is 3.89. The van der Waals surface area contributed by atoms with Gasteiger partial charge in [-0.2, -0.15) is 0 Å². The van der Waals surface area contributed by atoms with E-state index in [1.165, 1.54) is 23.1 Å². The molecule has 0 spiro atoms. The third-order valence-electron chi connectivity index (χ3n) is 3.11. The van der Waals surface area contributed by atoms with Gasteiger partial charge in [-0.3, -0.25) is 4.79 Å². The minimum Gasteiger partial charge on any atom is -0.360 e. The van der Waals surface area contributed by atoms with Crippen LogP contribution >= 0.6 is 23.1 Å². The molecule has 0 aliphatic rings. The molecule has 0 unspecified atom stereocenters. The van der Waals surface area contributed by atoms with Gasteiger partial charge in [-0.05, 0) is 38.8 Å². The summed E-state index contributed by atoms with van der Waals surface area (Å²) in [7, 11) is 0. The summed E-state index contributed by atoms with van der Waals surface area (Å²) >= 11 is 2.89. The summed E-state index contributed by atoms with van der Waals surface area (Å²) < 4.78 is 0.792. The van der Waals surface area contributed by atoms with Gasteiger partial charge in [0.05, 0.1) is 5.25 Å². The smallest absolute Gasteiger partial charge is 0.237 e. The van der Waals surface area contributed by atoms with E-state index in [-0.39, 0.29) is 11.2 Å². The van der Waals surface area contributed by atoms with Crippen LogP contribution in [0.3, 0.4) is 0 Å². The highest BCUT2D eigenvalue weighted by Crippen LogP contribution is 2.30. The van der Waals surface area contributed by atoms with E-state index in [2.05, 4.69) is 20.8 Å². The second kappa shape index (κ2) is 7.60. The summed E-state index contributed by atoms with van der Waals surface area (Å²) in [5.41, 5.74) is 3.03. The molecule has 5 nitrogen and oxygen atoms in total. The number of para-hydroxylation sites is 1. The Labute approximate surface area is 138 Å². The number of anilines is 2. The lowest BCUT2D eigenvalue weighted by Crippen LogP contribution is -2.23. The lowest BCUT2D eigenvalue weighted by Gasteiger charge is -2.14. The molecule has 22 heavy (non-hydrogen) atoms. The van der Waals surface area contributed by atoms with Gasteiger partial charge in [0.25, 0.3) is 0 Å². The van der Waals surface area contributed by atoms with Crippen LogP contribution in [0.25, 0.3) is 0 Å². The number of thioether (sulfide) groups is 1. The normalized spacial score (nSPS) is 12.0. The molecule has 0 saturated carbocycles. The number of nitrogens with zero attached hydrogens (tertiary/aromatic N) is 2. The van der Waals surface area contributed by atoms with E-state index in [4.69, 9.17) is 0 Å². The van der Waals surface area contributed by atoms with Crippen molar-refractivity contribution in [3.05, 3.63) is 29.3 Å². The first-order valence-electron chi connectivity index (χ1n) is 7.12. The standard InChI is InChI=1S/C15H20N4OS2/c1-5-16-14-18-19-15(22-14)21-11(4)13(20)17-12-9(2)7-6-8-10(12)3/h6-8,11H,5H2,1-4H3,(H,16,18)(H,17,20)/t11-/m1/s1. The van der Waals surface area contributed by atoms with Crippen LogP contribution < -0.4 is 10.6 Å². The second-order valence-electron chi connectivity index (χ2n) is 4.92. The van der Waals surface area contributed by atoms with Crippen LogP contribution in [0.4, 0.5) is 10.8 Å². The predicted molar refractivity (Wildman–Crippen MR) is 93.9 cm³/mol. The van der Waals surface area contributed by atoms with Crippen LogP contribution in [0.2, 0.25) is 0 Å². The number of aromatic nitrogens is 2. The van der Waals surface area contributed by atoms with E-state index in [0.717, 1.165) is 32.8 Å². The van der Waals surface area contributed by atoms with Crippen molar-refractivity contribution in [2.75, 3.05) is 17.2 Å². The van der Waals surface area contributed by atoms with Gasteiger partial charge in [-0.15, -0.1) is 10.2 Å². The Kier molecular flexibility index (Phi) is 5.79. The molecule has 2 N–H and O–H groups in total. The van der Waals surface area contributed by atoms with E-state index >= 15 is 0 Å². The van der Waals surface area contributed by atoms with Gasteiger partial charge in [0, 0.05) is 12.2 Å². The van der Waals surface area contributed by atoms with Gasteiger partial charge in [-0.25, -0.2) is 0 Å². The van der Waals surface area contributed by atoms with Gasteiger partial charge < -0.3 is 10.6 Å². The summed E-state index contributed by atoms with van der Waals surface area (Å²) in [6, 6.07) is 5.98. The van der Waals surface area contributed by atoms with Crippen LogP contribution in [0.1, 0.15) is 25.0 Å². The van der Waals surface area contributed by atoms with Gasteiger partial charge in [0.1, 0.15) is 0 Å². The molecule has 118 valence electrons. The average molecular weight is 336 g/mol. The van der Waals surface area contributed by atoms with Gasteiger partial charge in [-0.1, -0.05) is 41.3 Å². The first-order valence-corrected chi connectivity index (χ1v) is 8.82. The Morgan fingerprint density at radius 1 is 1.32 bits per heavy atom. The fourth-order valence-electron chi connectivity index (χ4n) is 1.92. The highest BCUT2D eigenvalue weighted by atomic mass is 32.2. The molecule has 0 fully saturated rings. The van der Waals surface area contributed by atoms with Crippen molar-refractivity contribution in [3.63, 3.8) is 0 Å². The number of benzene rings is 1. The van der Waals surface area contributed by atoms with Crippen LogP contribution in [-0.2, 0) is 4.79 Å². The zero-order valence-corrected chi connectivity index (χ0v) is 14.8. The second-order valence-corrected chi connectivity index (χ2v) is 7.49. The first kappa shape index (κ1) is 16.8. The maximum atomic E-state index is 12.4. The maximum Gasteiger partial charge on any atom is 0.237 e. The Hall–Kier alpha value is -1.60. The van der Waals surface area contributed by atoms with Crippen molar-refractivity contribution in [1.29, 1.82) is 0 Å². The fraction of sp³-hybridized carbons (Fsp3) is 0.400. The van der Waals surface area contributed by atoms with Crippen molar-refractivity contribution < 1.29 is 4.79 Å². The summed E-state index contributed by atoms with van der Waals surface area (Å²) in [5.74, 6) is -0.0254. The number of amides is 1. The van der Waals surface area contributed by atoms with Crippen LogP contribution in [0.5, 0.6) is 0 Å². The summed E-state index contributed by atoms with van der Waals surface area (Å²) in [5, 5.41) is 14.8. The Morgan fingerprint density at radius 2 is 2.00 bits per heavy atom. The van der Waals surface area contributed by atoms with Gasteiger partial charge in [0.2, 0.25) is 11.0 Å². The number of carbonyl (C=O) groups is 1. The molecule has 1 amide bonds. The molecular weight excluding hydrogens is 316 g/mol. The minimum absolute atomic E-state index is 0.0254. The molecule has 7 heteroatoms. The molecular formula is C15H20N4OS2. The van der Waals surface area contributed by atoms with E-state index in [0.29, 0.717) is 0 Å². The molecule has 0 aliphatic heterocycles. The summed E-state index contributed by atoms with van der Waals surface area (Å²) in [6.45, 7) is 8.68. The van der Waals surface area contributed by atoms with Crippen molar-refractivity contribution in [2.45, 2.75) is 37.3 Å². The molecule has 0 radical (unpaired) electrons. The lowest BCUT2D eigenvalue weighted by atomic mass is 10.1. The molecule has 2 aromatic rings. The highest BCUT2D eigenvalue weighted by molar-refractivity contribution is 8.02. The van der Waals surface area contributed by atoms with E-state index in [1.807, 2.05) is 45.9 Å². The third kappa shape index (κ3) is 4.20. The molecule has 1 heterocycles. The molecule has 1 aromatic heterocycles. The zero-order chi connectivity index (χ0) is 16.1. The first-order chi connectivity index (χ1) is 10.5. The third-order valence-corrected chi connectivity index (χ3v) is 5.18. The highest BCUT2D eigenvalue weighted by Gasteiger charge is 2.18. The Balaban J connectivity index is 1.99. The molecule has 0 bridgehead atoms. The van der Waals surface area contributed by atoms with Gasteiger partial charge >= 0.3 is 0 Å².